The molecule has 1 amide bonds. The molecule has 0 aliphatic carbocycles. The summed E-state index contributed by atoms with van der Waals surface area (Å²) >= 11 is 6.04. The van der Waals surface area contributed by atoms with E-state index in [1.54, 1.807) is 42.5 Å². The van der Waals surface area contributed by atoms with Gasteiger partial charge < -0.3 is 14.8 Å². The molecule has 3 rings (SSSR count). The van der Waals surface area contributed by atoms with Crippen molar-refractivity contribution in [2.45, 2.75) is 0 Å². The molecular weight excluding hydrogens is 364 g/mol. The Labute approximate surface area is 161 Å². The largest absolute Gasteiger partial charge is 0.484 e. The van der Waals surface area contributed by atoms with E-state index in [1.807, 2.05) is 36.4 Å². The summed E-state index contributed by atoms with van der Waals surface area (Å²) in [7, 11) is 0. The number of nitrogens with one attached hydrogen (secondary N) is 1. The molecule has 1 N–H and O–H groups in total. The van der Waals surface area contributed by atoms with Gasteiger partial charge in [-0.3, -0.25) is 4.79 Å². The molecule has 5 nitrogen and oxygen atoms in total. The quantitative estimate of drug-likeness (QED) is 0.653. The van der Waals surface area contributed by atoms with Crippen LogP contribution in [0.1, 0.15) is 5.56 Å². The maximum atomic E-state index is 12.2. The van der Waals surface area contributed by atoms with Crippen molar-refractivity contribution >= 4 is 23.2 Å². The number of anilines is 1. The highest BCUT2D eigenvalue weighted by atomic mass is 35.5. The van der Waals surface area contributed by atoms with Crippen LogP contribution < -0.4 is 14.8 Å². The minimum atomic E-state index is -0.362. The van der Waals surface area contributed by atoms with Crippen molar-refractivity contribution in [3.05, 3.63) is 83.4 Å². The molecule has 0 fully saturated rings. The lowest BCUT2D eigenvalue weighted by Crippen LogP contribution is -2.20. The molecule has 0 heterocycles. The van der Waals surface area contributed by atoms with E-state index in [9.17, 15) is 4.79 Å². The number of carbonyl (C=O) groups excluding carboxylic acids is 1. The molecule has 27 heavy (non-hydrogen) atoms. The highest BCUT2D eigenvalue weighted by Gasteiger charge is 2.11. The van der Waals surface area contributed by atoms with Crippen molar-refractivity contribution in [3.63, 3.8) is 0 Å². The normalized spacial score (nSPS) is 9.93. The first kappa shape index (κ1) is 18.3. The third-order valence-electron chi connectivity index (χ3n) is 3.54. The number of nitrogens with zero attached hydrogens (tertiary/aromatic N) is 1. The fraction of sp³-hybridized carbons (Fsp3) is 0.0476. The monoisotopic (exact) mass is 378 g/mol. The standard InChI is InChI=1S/C21H15ClN2O3/c22-16-8-11-20(27-18-4-2-1-3-5-18)19(12-16)24-21(25)14-26-17-9-6-15(13-23)7-10-17/h1-12H,14H2,(H,24,25). The lowest BCUT2D eigenvalue weighted by atomic mass is 10.2. The molecule has 0 atom stereocenters. The Morgan fingerprint density at radius 3 is 2.44 bits per heavy atom. The summed E-state index contributed by atoms with van der Waals surface area (Å²) in [5, 5.41) is 12.0. The summed E-state index contributed by atoms with van der Waals surface area (Å²) in [6.07, 6.45) is 0. The molecule has 3 aromatic carbocycles. The van der Waals surface area contributed by atoms with Gasteiger partial charge in [0.2, 0.25) is 0 Å². The van der Waals surface area contributed by atoms with Crippen LogP contribution in [-0.2, 0) is 4.79 Å². The summed E-state index contributed by atoms with van der Waals surface area (Å²) in [6, 6.07) is 22.7. The molecule has 0 spiro atoms. The summed E-state index contributed by atoms with van der Waals surface area (Å²) in [6.45, 7) is -0.191. The van der Waals surface area contributed by atoms with Crippen LogP contribution in [0.5, 0.6) is 17.2 Å². The van der Waals surface area contributed by atoms with Crippen molar-refractivity contribution in [1.82, 2.24) is 0 Å². The number of carbonyl (C=O) groups is 1. The van der Waals surface area contributed by atoms with Crippen molar-refractivity contribution in [2.24, 2.45) is 0 Å². The number of hydrogen-bond donors (Lipinski definition) is 1. The van der Waals surface area contributed by atoms with Crippen LogP contribution >= 0.6 is 11.6 Å². The Balaban J connectivity index is 1.65. The van der Waals surface area contributed by atoms with Crippen LogP contribution in [0.25, 0.3) is 0 Å². The van der Waals surface area contributed by atoms with E-state index in [4.69, 9.17) is 26.3 Å². The van der Waals surface area contributed by atoms with E-state index in [0.29, 0.717) is 33.5 Å². The number of nitriles is 1. The van der Waals surface area contributed by atoms with Crippen molar-refractivity contribution in [2.75, 3.05) is 11.9 Å². The van der Waals surface area contributed by atoms with E-state index >= 15 is 0 Å². The number of hydrogen-bond acceptors (Lipinski definition) is 4. The zero-order chi connectivity index (χ0) is 19.1. The molecule has 0 aliphatic rings. The van der Waals surface area contributed by atoms with Crippen LogP contribution in [0.2, 0.25) is 5.02 Å². The third kappa shape index (κ3) is 5.24. The summed E-state index contributed by atoms with van der Waals surface area (Å²) in [5.41, 5.74) is 0.966. The van der Waals surface area contributed by atoms with Crippen LogP contribution in [0, 0.1) is 11.3 Å². The predicted molar refractivity (Wildman–Crippen MR) is 103 cm³/mol. The van der Waals surface area contributed by atoms with Crippen LogP contribution in [-0.4, -0.2) is 12.5 Å². The average Bonchev–Trinajstić information content (AvgIpc) is 2.70. The van der Waals surface area contributed by atoms with Gasteiger partial charge in [0.1, 0.15) is 11.5 Å². The number of para-hydroxylation sites is 1. The molecule has 0 unspecified atom stereocenters. The highest BCUT2D eigenvalue weighted by Crippen LogP contribution is 2.32. The number of amides is 1. The molecule has 3 aromatic rings. The molecule has 6 heteroatoms. The molecule has 0 saturated heterocycles. The molecule has 0 bridgehead atoms. The number of ether oxygens (including phenoxy) is 2. The minimum absolute atomic E-state index is 0.191. The van der Waals surface area contributed by atoms with E-state index in [-0.39, 0.29) is 12.5 Å². The number of benzene rings is 3. The van der Waals surface area contributed by atoms with Gasteiger partial charge in [0.25, 0.3) is 5.91 Å². The van der Waals surface area contributed by atoms with Gasteiger partial charge >= 0.3 is 0 Å². The van der Waals surface area contributed by atoms with Crippen LogP contribution in [0.3, 0.4) is 0 Å². The van der Waals surface area contributed by atoms with Gasteiger partial charge in [-0.15, -0.1) is 0 Å². The number of halogens is 1. The first-order valence-electron chi connectivity index (χ1n) is 8.09. The van der Waals surface area contributed by atoms with Gasteiger partial charge in [-0.05, 0) is 54.6 Å². The first-order valence-corrected chi connectivity index (χ1v) is 8.47. The second kappa shape index (κ2) is 8.75. The number of rotatable bonds is 6. The maximum Gasteiger partial charge on any atom is 0.262 e. The van der Waals surface area contributed by atoms with Crippen LogP contribution in [0.4, 0.5) is 5.69 Å². The van der Waals surface area contributed by atoms with E-state index < -0.39 is 0 Å². The van der Waals surface area contributed by atoms with Crippen molar-refractivity contribution in [1.29, 1.82) is 5.26 Å². The SMILES string of the molecule is N#Cc1ccc(OCC(=O)Nc2cc(Cl)ccc2Oc2ccccc2)cc1. The lowest BCUT2D eigenvalue weighted by Gasteiger charge is -2.13. The Morgan fingerprint density at radius 1 is 1.00 bits per heavy atom. The smallest absolute Gasteiger partial charge is 0.262 e. The topological polar surface area (TPSA) is 71.3 Å². The van der Waals surface area contributed by atoms with Gasteiger partial charge in [0, 0.05) is 5.02 Å². The maximum absolute atomic E-state index is 12.2. The highest BCUT2D eigenvalue weighted by molar-refractivity contribution is 6.31. The van der Waals surface area contributed by atoms with E-state index in [1.165, 1.54) is 0 Å². The summed E-state index contributed by atoms with van der Waals surface area (Å²) in [4.78, 5) is 12.2. The molecule has 0 aromatic heterocycles. The zero-order valence-corrected chi connectivity index (χ0v) is 14.9. The molecular formula is C21H15ClN2O3. The molecule has 0 aliphatic heterocycles. The summed E-state index contributed by atoms with van der Waals surface area (Å²) in [5.74, 6) is 1.25. The van der Waals surface area contributed by atoms with Crippen molar-refractivity contribution < 1.29 is 14.3 Å². The zero-order valence-electron chi connectivity index (χ0n) is 14.2. The summed E-state index contributed by atoms with van der Waals surface area (Å²) < 4.78 is 11.2. The fourth-order valence-electron chi connectivity index (χ4n) is 2.27. The Morgan fingerprint density at radius 2 is 1.74 bits per heavy atom. The van der Waals surface area contributed by atoms with Crippen molar-refractivity contribution in [3.8, 4) is 23.3 Å². The van der Waals surface area contributed by atoms with E-state index in [2.05, 4.69) is 5.32 Å². The van der Waals surface area contributed by atoms with Gasteiger partial charge in [-0.1, -0.05) is 29.8 Å². The van der Waals surface area contributed by atoms with Gasteiger partial charge in [-0.2, -0.15) is 5.26 Å². The van der Waals surface area contributed by atoms with Gasteiger partial charge in [0.05, 0.1) is 17.3 Å². The van der Waals surface area contributed by atoms with E-state index in [0.717, 1.165) is 0 Å². The Bertz CT molecular complexity index is 967. The first-order chi connectivity index (χ1) is 13.1. The Hall–Kier alpha value is -3.49. The minimum Gasteiger partial charge on any atom is -0.484 e. The molecule has 134 valence electrons. The second-order valence-electron chi connectivity index (χ2n) is 5.53. The second-order valence-corrected chi connectivity index (χ2v) is 5.97. The third-order valence-corrected chi connectivity index (χ3v) is 3.78. The van der Waals surface area contributed by atoms with Crippen LogP contribution in [0.15, 0.2) is 72.8 Å². The molecule has 0 saturated carbocycles. The Kier molecular flexibility index (Phi) is 5.93. The fourth-order valence-corrected chi connectivity index (χ4v) is 2.44. The van der Waals surface area contributed by atoms with Gasteiger partial charge in [-0.25, -0.2) is 0 Å². The molecule has 0 radical (unpaired) electrons. The predicted octanol–water partition coefficient (Wildman–Crippen LogP) is 5.02. The van der Waals surface area contributed by atoms with Gasteiger partial charge in [0.15, 0.2) is 12.4 Å². The lowest BCUT2D eigenvalue weighted by molar-refractivity contribution is -0.118. The average molecular weight is 379 g/mol.